The Hall–Kier alpha value is -2.34. The zero-order chi connectivity index (χ0) is 21.6. The molecule has 0 atom stereocenters. The average Bonchev–Trinajstić information content (AvgIpc) is 3.13. The summed E-state index contributed by atoms with van der Waals surface area (Å²) in [7, 11) is 0. The minimum atomic E-state index is -0.124. The van der Waals surface area contributed by atoms with Crippen LogP contribution in [0.4, 0.5) is 0 Å². The molecule has 7 heteroatoms. The Balaban J connectivity index is 1.42. The predicted octanol–water partition coefficient (Wildman–Crippen LogP) is 5.37. The van der Waals surface area contributed by atoms with Crippen LogP contribution in [0.2, 0.25) is 10.0 Å². The highest BCUT2D eigenvalue weighted by Gasteiger charge is 2.13. The van der Waals surface area contributed by atoms with Crippen LogP contribution in [0.25, 0.3) is 10.9 Å². The van der Waals surface area contributed by atoms with Gasteiger partial charge in [-0.1, -0.05) is 66.7 Å². The molecule has 1 heterocycles. The zero-order valence-electron chi connectivity index (χ0n) is 17.3. The molecule has 162 valence electrons. The Morgan fingerprint density at radius 1 is 1.10 bits per heavy atom. The molecule has 1 aliphatic rings. The molecule has 1 amide bonds. The van der Waals surface area contributed by atoms with Crippen LogP contribution in [-0.2, 0) is 11.3 Å². The molecule has 0 spiro atoms. The Morgan fingerprint density at radius 2 is 1.90 bits per heavy atom. The highest BCUT2D eigenvalue weighted by molar-refractivity contribution is 6.42. The van der Waals surface area contributed by atoms with E-state index in [1.54, 1.807) is 6.21 Å². The van der Waals surface area contributed by atoms with Crippen molar-refractivity contribution in [2.75, 3.05) is 6.54 Å². The second-order valence-electron chi connectivity index (χ2n) is 7.99. The number of carbonyl (C=O) groups is 1. The molecule has 1 aromatic heterocycles. The molecule has 1 saturated carbocycles. The molecular weight excluding hydrogens is 431 g/mol. The van der Waals surface area contributed by atoms with Crippen LogP contribution in [0.3, 0.4) is 0 Å². The van der Waals surface area contributed by atoms with Gasteiger partial charge in [-0.25, -0.2) is 5.43 Å². The normalized spacial score (nSPS) is 15.0. The quantitative estimate of drug-likeness (QED) is 0.370. The number of halogens is 2. The molecule has 1 fully saturated rings. The fourth-order valence-corrected chi connectivity index (χ4v) is 4.42. The van der Waals surface area contributed by atoms with Gasteiger partial charge in [0.05, 0.1) is 22.8 Å². The van der Waals surface area contributed by atoms with Crippen LogP contribution in [0.15, 0.2) is 53.8 Å². The fraction of sp³-hybridized carbons (Fsp3) is 0.333. The van der Waals surface area contributed by atoms with E-state index in [4.69, 9.17) is 23.2 Å². The molecule has 1 aliphatic carbocycles. The number of hydrogen-bond acceptors (Lipinski definition) is 3. The summed E-state index contributed by atoms with van der Waals surface area (Å²) in [6, 6.07) is 14.2. The third-order valence-electron chi connectivity index (χ3n) is 5.71. The third-order valence-corrected chi connectivity index (χ3v) is 6.44. The van der Waals surface area contributed by atoms with Gasteiger partial charge >= 0.3 is 0 Å². The summed E-state index contributed by atoms with van der Waals surface area (Å²) in [5, 5.41) is 9.67. The minimum Gasteiger partial charge on any atom is -0.342 e. The van der Waals surface area contributed by atoms with E-state index in [0.717, 1.165) is 34.9 Å². The van der Waals surface area contributed by atoms with Crippen molar-refractivity contribution >= 4 is 46.2 Å². The van der Waals surface area contributed by atoms with Crippen LogP contribution in [0, 0.1) is 0 Å². The summed E-state index contributed by atoms with van der Waals surface area (Å²) in [5.74, 6) is -0.124. The second-order valence-corrected chi connectivity index (χ2v) is 8.80. The highest BCUT2D eigenvalue weighted by atomic mass is 35.5. The first-order valence-electron chi connectivity index (χ1n) is 10.7. The predicted molar refractivity (Wildman–Crippen MR) is 128 cm³/mol. The van der Waals surface area contributed by atoms with Crippen molar-refractivity contribution in [1.29, 1.82) is 0 Å². The summed E-state index contributed by atoms with van der Waals surface area (Å²) in [5.41, 5.74) is 5.72. The van der Waals surface area contributed by atoms with Gasteiger partial charge in [0, 0.05) is 35.2 Å². The molecule has 2 aromatic carbocycles. The first-order chi connectivity index (χ1) is 15.1. The van der Waals surface area contributed by atoms with Gasteiger partial charge in [0.1, 0.15) is 0 Å². The summed E-state index contributed by atoms with van der Waals surface area (Å²) in [6.07, 6.45) is 9.81. The van der Waals surface area contributed by atoms with Crippen molar-refractivity contribution in [2.45, 2.75) is 44.7 Å². The molecule has 3 aromatic rings. The maximum atomic E-state index is 12.1. The molecule has 0 bridgehead atoms. The van der Waals surface area contributed by atoms with Crippen LogP contribution < -0.4 is 10.7 Å². The Bertz CT molecular complexity index is 1090. The van der Waals surface area contributed by atoms with E-state index in [0.29, 0.717) is 29.2 Å². The van der Waals surface area contributed by atoms with Gasteiger partial charge in [0.25, 0.3) is 5.91 Å². The Morgan fingerprint density at radius 3 is 2.71 bits per heavy atom. The molecule has 31 heavy (non-hydrogen) atoms. The molecule has 0 saturated heterocycles. The van der Waals surface area contributed by atoms with E-state index in [1.165, 1.54) is 19.3 Å². The lowest BCUT2D eigenvalue weighted by Crippen LogP contribution is -2.38. The van der Waals surface area contributed by atoms with Gasteiger partial charge in [0.2, 0.25) is 0 Å². The average molecular weight is 457 g/mol. The second kappa shape index (κ2) is 10.3. The van der Waals surface area contributed by atoms with Crippen LogP contribution in [0.1, 0.15) is 43.2 Å². The monoisotopic (exact) mass is 456 g/mol. The number of nitrogens with zero attached hydrogens (tertiary/aromatic N) is 2. The van der Waals surface area contributed by atoms with Gasteiger partial charge in [-0.15, -0.1) is 0 Å². The maximum Gasteiger partial charge on any atom is 0.254 e. The molecule has 0 unspecified atom stereocenters. The van der Waals surface area contributed by atoms with Gasteiger partial charge in [-0.3, -0.25) is 4.79 Å². The van der Waals surface area contributed by atoms with Crippen molar-refractivity contribution in [1.82, 2.24) is 15.3 Å². The van der Waals surface area contributed by atoms with Gasteiger partial charge in [0.15, 0.2) is 0 Å². The van der Waals surface area contributed by atoms with Crippen molar-refractivity contribution in [2.24, 2.45) is 5.10 Å². The smallest absolute Gasteiger partial charge is 0.254 e. The molecule has 2 N–H and O–H groups in total. The van der Waals surface area contributed by atoms with E-state index < -0.39 is 0 Å². The van der Waals surface area contributed by atoms with E-state index in [1.807, 2.05) is 36.5 Å². The molecule has 4 rings (SSSR count). The summed E-state index contributed by atoms with van der Waals surface area (Å²) < 4.78 is 2.14. The van der Waals surface area contributed by atoms with Crippen LogP contribution in [-0.4, -0.2) is 29.3 Å². The van der Waals surface area contributed by atoms with Gasteiger partial charge in [-0.2, -0.15) is 5.10 Å². The number of nitrogens with one attached hydrogen (secondary N) is 2. The van der Waals surface area contributed by atoms with Crippen molar-refractivity contribution in [3.63, 3.8) is 0 Å². The lowest BCUT2D eigenvalue weighted by Gasteiger charge is -2.22. The van der Waals surface area contributed by atoms with E-state index >= 15 is 0 Å². The van der Waals surface area contributed by atoms with Crippen LogP contribution in [0.5, 0.6) is 0 Å². The number of para-hydroxylation sites is 1. The Kier molecular flexibility index (Phi) is 7.28. The number of hydrazone groups is 1. The van der Waals surface area contributed by atoms with Crippen molar-refractivity contribution in [3.05, 3.63) is 69.8 Å². The summed E-state index contributed by atoms with van der Waals surface area (Å²) in [6.45, 7) is 0.948. The highest BCUT2D eigenvalue weighted by Crippen LogP contribution is 2.25. The van der Waals surface area contributed by atoms with Crippen molar-refractivity contribution in [3.8, 4) is 0 Å². The number of carbonyl (C=O) groups excluding carboxylic acids is 1. The third kappa shape index (κ3) is 5.67. The SMILES string of the molecule is O=C(CNC1CCCCC1)N/N=C\c1cn(Cc2ccc(Cl)c(Cl)c2)c2ccccc12. The molecule has 0 radical (unpaired) electrons. The number of hydrogen-bond donors (Lipinski definition) is 2. The lowest BCUT2D eigenvalue weighted by molar-refractivity contribution is -0.120. The summed E-state index contributed by atoms with van der Waals surface area (Å²) >= 11 is 12.2. The number of fused-ring (bicyclic) bond motifs is 1. The van der Waals surface area contributed by atoms with Gasteiger partial charge in [-0.05, 0) is 36.6 Å². The number of benzene rings is 2. The Labute approximate surface area is 192 Å². The standard InChI is InChI=1S/C24H26Cl2N4O/c25-21-11-10-17(12-22(21)26)15-30-16-18(20-8-4-5-9-23(20)30)13-28-29-24(31)14-27-19-6-2-1-3-7-19/h4-5,8-13,16,19,27H,1-3,6-7,14-15H2,(H,29,31)/b28-13-. The number of amides is 1. The largest absolute Gasteiger partial charge is 0.342 e. The number of rotatable bonds is 7. The molecular formula is C24H26Cl2N4O. The van der Waals surface area contributed by atoms with E-state index in [2.05, 4.69) is 32.5 Å². The van der Waals surface area contributed by atoms with Crippen LogP contribution >= 0.6 is 23.2 Å². The first-order valence-corrected chi connectivity index (χ1v) is 11.4. The van der Waals surface area contributed by atoms with Crippen molar-refractivity contribution < 1.29 is 4.79 Å². The minimum absolute atomic E-state index is 0.124. The zero-order valence-corrected chi connectivity index (χ0v) is 18.8. The van der Waals surface area contributed by atoms with Gasteiger partial charge < -0.3 is 9.88 Å². The molecule has 0 aliphatic heterocycles. The summed E-state index contributed by atoms with van der Waals surface area (Å²) in [4.78, 5) is 12.1. The van der Waals surface area contributed by atoms with E-state index in [-0.39, 0.29) is 5.91 Å². The van der Waals surface area contributed by atoms with E-state index in [9.17, 15) is 4.79 Å². The lowest BCUT2D eigenvalue weighted by atomic mass is 9.95. The number of aromatic nitrogens is 1. The maximum absolute atomic E-state index is 12.1. The topological polar surface area (TPSA) is 58.4 Å². The first kappa shape index (κ1) is 21.9. The molecule has 5 nitrogen and oxygen atoms in total. The fourth-order valence-electron chi connectivity index (χ4n) is 4.10.